The lowest BCUT2D eigenvalue weighted by Gasteiger charge is -2.30. The fourth-order valence-electron chi connectivity index (χ4n) is 5.50. The number of carbonyl (C=O) groups is 4. The number of benzene rings is 1. The summed E-state index contributed by atoms with van der Waals surface area (Å²) in [5.74, 6) is -4.12. The maximum Gasteiger partial charge on any atom is 0.481 e. The SMILES string of the molecule is CC(C)(COP(=O)(O)OP(=O)(O)OCC1OC(n2cnc3c(N)ncnc32)C(O)C1OP(=O)(O)O)C(O)C(=O)NCCC(=O)NCCSC(=O)C(Cc1ccccc1)C(=O)O. The van der Waals surface area contributed by atoms with Gasteiger partial charge in [0.15, 0.2) is 17.7 Å². The molecule has 0 bridgehead atoms. The predicted octanol–water partition coefficient (Wildman–Crippen LogP) is -0.392. The maximum atomic E-state index is 12.7. The van der Waals surface area contributed by atoms with Gasteiger partial charge in [0.1, 0.15) is 42.2 Å². The summed E-state index contributed by atoms with van der Waals surface area (Å²) in [6, 6.07) is 8.61. The van der Waals surface area contributed by atoms with Crippen molar-refractivity contribution < 1.29 is 90.4 Å². The van der Waals surface area contributed by atoms with Crippen LogP contribution in [0.2, 0.25) is 0 Å². The quantitative estimate of drug-likeness (QED) is 0.0329. The van der Waals surface area contributed by atoms with Crippen molar-refractivity contribution in [3.8, 4) is 0 Å². The van der Waals surface area contributed by atoms with E-state index in [1.165, 1.54) is 13.8 Å². The second-order valence-corrected chi connectivity index (χ2v) is 19.2. The van der Waals surface area contributed by atoms with Gasteiger partial charge in [-0.1, -0.05) is 55.9 Å². The van der Waals surface area contributed by atoms with E-state index < -0.39 is 102 Å². The Morgan fingerprint density at radius 1 is 1.00 bits per heavy atom. The number of carboxylic acids is 1. The lowest BCUT2D eigenvalue weighted by Crippen LogP contribution is -2.46. The molecule has 4 rings (SSSR count). The summed E-state index contributed by atoms with van der Waals surface area (Å²) in [6.45, 7) is 0.0841. The van der Waals surface area contributed by atoms with E-state index in [-0.39, 0.29) is 48.7 Å². The van der Waals surface area contributed by atoms with Crippen LogP contribution >= 0.6 is 35.2 Å². The molecular formula is C31H44N7O19P3S. The molecule has 0 aliphatic carbocycles. The molecule has 0 saturated carbocycles. The molecule has 8 unspecified atom stereocenters. The van der Waals surface area contributed by atoms with E-state index in [0.717, 1.165) is 29.0 Å². The third kappa shape index (κ3) is 14.7. The first-order valence-electron chi connectivity index (χ1n) is 17.7. The summed E-state index contributed by atoms with van der Waals surface area (Å²) in [5.41, 5.74) is 4.86. The number of anilines is 1. The Kier molecular flexibility index (Phi) is 17.2. The zero-order chi connectivity index (χ0) is 45.3. The molecule has 1 saturated heterocycles. The van der Waals surface area contributed by atoms with Crippen LogP contribution in [0.4, 0.5) is 5.82 Å². The number of rotatable bonds is 23. The van der Waals surface area contributed by atoms with Crippen molar-refractivity contribution in [1.82, 2.24) is 30.2 Å². The minimum atomic E-state index is -5.60. The Balaban J connectivity index is 1.21. The molecule has 3 aromatic rings. The van der Waals surface area contributed by atoms with E-state index in [9.17, 15) is 67.8 Å². The molecule has 8 atom stereocenters. The largest absolute Gasteiger partial charge is 0.481 e. The number of aliphatic carboxylic acids is 1. The van der Waals surface area contributed by atoms with Gasteiger partial charge in [-0.05, 0) is 12.0 Å². The summed E-state index contributed by atoms with van der Waals surface area (Å²) >= 11 is 0.745. The third-order valence-electron chi connectivity index (χ3n) is 8.61. The summed E-state index contributed by atoms with van der Waals surface area (Å²) in [5, 5.41) is 35.2. The van der Waals surface area contributed by atoms with Crippen LogP contribution in [-0.2, 0) is 61.9 Å². The Hall–Kier alpha value is -3.75. The maximum absolute atomic E-state index is 12.7. The van der Waals surface area contributed by atoms with E-state index in [4.69, 9.17) is 19.5 Å². The van der Waals surface area contributed by atoms with Gasteiger partial charge in [0.05, 0.1) is 19.5 Å². The molecule has 30 heteroatoms. The van der Waals surface area contributed by atoms with Crippen molar-refractivity contribution in [2.45, 2.75) is 57.3 Å². The number of nitrogens with two attached hydrogens (primary N) is 1. The van der Waals surface area contributed by atoms with Crippen LogP contribution in [0.5, 0.6) is 0 Å². The molecule has 1 aromatic carbocycles. The Bertz CT molecular complexity index is 2180. The normalized spacial score (nSPS) is 21.2. The number of hydrogen-bond acceptors (Lipinski definition) is 19. The van der Waals surface area contributed by atoms with Crippen molar-refractivity contribution in [2.24, 2.45) is 11.3 Å². The number of nitrogens with zero attached hydrogens (tertiary/aromatic N) is 4. The van der Waals surface area contributed by atoms with Gasteiger partial charge in [-0.25, -0.2) is 28.6 Å². The van der Waals surface area contributed by atoms with Crippen molar-refractivity contribution >= 4 is 75.1 Å². The molecular weight excluding hydrogens is 899 g/mol. The van der Waals surface area contributed by atoms with Crippen LogP contribution in [0.25, 0.3) is 11.2 Å². The Morgan fingerprint density at radius 3 is 2.33 bits per heavy atom. The van der Waals surface area contributed by atoms with Crippen LogP contribution in [0.15, 0.2) is 43.0 Å². The summed E-state index contributed by atoms with van der Waals surface area (Å²) in [4.78, 5) is 100.0. The molecule has 1 aliphatic heterocycles. The van der Waals surface area contributed by atoms with E-state index >= 15 is 0 Å². The second kappa shape index (κ2) is 21.1. The van der Waals surface area contributed by atoms with E-state index in [2.05, 4.69) is 34.4 Å². The number of nitrogen functional groups attached to an aromatic ring is 1. The van der Waals surface area contributed by atoms with Gasteiger partial charge < -0.3 is 56.0 Å². The zero-order valence-corrected chi connectivity index (χ0v) is 35.6. The van der Waals surface area contributed by atoms with Gasteiger partial charge in [-0.15, -0.1) is 0 Å². The summed E-state index contributed by atoms with van der Waals surface area (Å²) in [7, 11) is -16.5. The van der Waals surface area contributed by atoms with E-state index in [0.29, 0.717) is 5.56 Å². The van der Waals surface area contributed by atoms with E-state index in [1.54, 1.807) is 30.3 Å². The average molecular weight is 944 g/mol. The number of imidazole rings is 1. The lowest BCUT2D eigenvalue weighted by atomic mass is 9.87. The molecule has 3 heterocycles. The topological polar surface area (TPSA) is 401 Å². The summed E-state index contributed by atoms with van der Waals surface area (Å²) in [6.07, 6.45) is -7.16. The first kappa shape index (κ1) is 49.9. The number of ether oxygens (including phenoxy) is 1. The molecule has 26 nitrogen and oxygen atoms in total. The van der Waals surface area contributed by atoms with Gasteiger partial charge in [-0.3, -0.25) is 37.3 Å². The van der Waals surface area contributed by atoms with Crippen LogP contribution < -0.4 is 16.4 Å². The van der Waals surface area contributed by atoms with Gasteiger partial charge in [0.2, 0.25) is 16.9 Å². The number of aromatic nitrogens is 4. The number of fused-ring (bicyclic) bond motifs is 1. The molecule has 1 aliphatic rings. The standard InChI is InChI=1S/C31H44N7O19P3S/c1-31(2,24(41)27(42)34-9-8-20(39)33-10-11-61-30(45)18(29(43)44)12-17-6-4-3-5-7-17)14-54-60(51,52)57-59(49,50)53-13-19-23(56-58(46,47)48)22(40)28(55-19)38-16-37-21-25(32)35-15-36-26(21)38/h3-7,15-16,18-19,22-24,28,40-41H,8-14H2,1-2H3,(H,33,39)(H,34,42)(H,43,44)(H,49,50)(H,51,52)(H2,32,35,36)(H2,46,47,48). The predicted molar refractivity (Wildman–Crippen MR) is 208 cm³/mol. The number of amides is 2. The fraction of sp³-hybridized carbons (Fsp3) is 0.516. The molecule has 1 fully saturated rings. The first-order valence-corrected chi connectivity index (χ1v) is 23.2. The van der Waals surface area contributed by atoms with E-state index in [1.807, 2.05) is 0 Å². The van der Waals surface area contributed by atoms with Crippen LogP contribution in [0.3, 0.4) is 0 Å². The van der Waals surface area contributed by atoms with Gasteiger partial charge in [0, 0.05) is 30.7 Å². The number of phosphoric ester groups is 3. The number of thioether (sulfide) groups is 1. The lowest BCUT2D eigenvalue weighted by molar-refractivity contribution is -0.144. The van der Waals surface area contributed by atoms with Crippen LogP contribution in [0, 0.1) is 11.3 Å². The fourth-order valence-corrected chi connectivity index (χ4v) is 9.12. The highest BCUT2D eigenvalue weighted by atomic mass is 32.2. The highest BCUT2D eigenvalue weighted by Crippen LogP contribution is 2.61. The highest BCUT2D eigenvalue weighted by Gasteiger charge is 2.50. The zero-order valence-electron chi connectivity index (χ0n) is 32.1. The third-order valence-corrected chi connectivity index (χ3v) is 12.7. The van der Waals surface area contributed by atoms with Crippen molar-refractivity contribution in [1.29, 1.82) is 0 Å². The molecule has 2 amide bonds. The highest BCUT2D eigenvalue weighted by molar-refractivity contribution is 8.13. The summed E-state index contributed by atoms with van der Waals surface area (Å²) < 4.78 is 62.2. The van der Waals surface area contributed by atoms with Crippen molar-refractivity contribution in [2.75, 3.05) is 37.8 Å². The molecule has 2 aromatic heterocycles. The van der Waals surface area contributed by atoms with Crippen molar-refractivity contribution in [3.63, 3.8) is 0 Å². The average Bonchev–Trinajstić information content (AvgIpc) is 3.73. The first-order chi connectivity index (χ1) is 28.4. The molecule has 61 heavy (non-hydrogen) atoms. The number of aliphatic hydroxyl groups is 2. The van der Waals surface area contributed by atoms with Gasteiger partial charge in [0.25, 0.3) is 0 Å². The second-order valence-electron chi connectivity index (χ2n) is 13.8. The number of carbonyl (C=O) groups excluding carboxylic acids is 3. The smallest absolute Gasteiger partial charge is 0.481 e. The van der Waals surface area contributed by atoms with Crippen molar-refractivity contribution in [3.05, 3.63) is 48.5 Å². The Labute approximate surface area is 350 Å². The van der Waals surface area contributed by atoms with Gasteiger partial charge >= 0.3 is 29.4 Å². The van der Waals surface area contributed by atoms with Crippen LogP contribution in [-0.4, -0.2) is 134 Å². The van der Waals surface area contributed by atoms with Crippen LogP contribution in [0.1, 0.15) is 32.1 Å². The monoisotopic (exact) mass is 943 g/mol. The molecule has 338 valence electrons. The number of phosphoric acid groups is 3. The Morgan fingerprint density at radius 2 is 1.67 bits per heavy atom. The number of aliphatic hydroxyl groups excluding tert-OH is 2. The number of hydrogen-bond donors (Lipinski definition) is 10. The minimum absolute atomic E-state index is 0.00278. The number of nitrogens with one attached hydrogen (secondary N) is 2. The molecule has 0 spiro atoms. The molecule has 11 N–H and O–H groups in total. The minimum Gasteiger partial charge on any atom is -0.481 e. The molecule has 0 radical (unpaired) electrons. The number of carboxylic acid groups (broad SMARTS) is 1. The van der Waals surface area contributed by atoms with Gasteiger partial charge in [-0.2, -0.15) is 4.31 Å².